The van der Waals surface area contributed by atoms with Crippen LogP contribution in [0, 0.1) is 17.1 Å². The summed E-state index contributed by atoms with van der Waals surface area (Å²) in [5.74, 6) is 0.165. The van der Waals surface area contributed by atoms with Gasteiger partial charge in [0.25, 0.3) is 5.91 Å². The fraction of sp³-hybridized carbons (Fsp3) is 0.364. The summed E-state index contributed by atoms with van der Waals surface area (Å²) < 4.78 is 19.7. The smallest absolute Gasteiger partial charge is 0.251 e. The highest BCUT2D eigenvalue weighted by molar-refractivity contribution is 5.99. The van der Waals surface area contributed by atoms with Crippen LogP contribution in [0.1, 0.15) is 51.2 Å². The first-order valence-corrected chi connectivity index (χ1v) is 9.69. The Morgan fingerprint density at radius 1 is 1.31 bits per heavy atom. The van der Waals surface area contributed by atoms with Gasteiger partial charge in [-0.1, -0.05) is 39.0 Å². The Morgan fingerprint density at radius 2 is 2.03 bits per heavy atom. The van der Waals surface area contributed by atoms with E-state index in [0.29, 0.717) is 42.0 Å². The Morgan fingerprint density at radius 3 is 2.59 bits per heavy atom. The largest absolute Gasteiger partial charge is 0.360 e. The fourth-order valence-corrected chi connectivity index (χ4v) is 2.69. The summed E-state index contributed by atoms with van der Waals surface area (Å²) in [5, 5.41) is 11.5. The number of nitriles is 1. The van der Waals surface area contributed by atoms with Crippen LogP contribution in [0.4, 0.5) is 10.2 Å². The number of aliphatic imine (C=N–C) groups is 1. The van der Waals surface area contributed by atoms with Crippen LogP contribution in [0.25, 0.3) is 0 Å². The minimum atomic E-state index is -0.707. The second-order valence-electron chi connectivity index (χ2n) is 6.24. The number of amides is 1. The Hall–Kier alpha value is -3.11. The molecule has 3 rings (SSSR count). The molecule has 0 bridgehead atoms. The minimum Gasteiger partial charge on any atom is -0.360 e. The van der Waals surface area contributed by atoms with E-state index in [1.54, 1.807) is 30.3 Å². The summed E-state index contributed by atoms with van der Waals surface area (Å²) >= 11 is 0. The molecular formula is C22H25FN4O2. The topological polar surface area (TPSA) is 87.4 Å². The van der Waals surface area contributed by atoms with Crippen molar-refractivity contribution in [1.29, 1.82) is 5.26 Å². The van der Waals surface area contributed by atoms with Crippen LogP contribution >= 0.6 is 0 Å². The number of rotatable bonds is 6. The van der Waals surface area contributed by atoms with Crippen molar-refractivity contribution in [1.82, 2.24) is 10.3 Å². The molecule has 7 heteroatoms. The zero-order chi connectivity index (χ0) is 21.3. The van der Waals surface area contributed by atoms with E-state index in [1.807, 2.05) is 26.8 Å². The number of ether oxygens (including phenoxy) is 1. The van der Waals surface area contributed by atoms with E-state index in [1.165, 1.54) is 12.3 Å². The normalized spacial score (nSPS) is 14.2. The highest BCUT2D eigenvalue weighted by atomic mass is 19.1. The van der Waals surface area contributed by atoms with Gasteiger partial charge >= 0.3 is 0 Å². The maximum atomic E-state index is 14.0. The molecule has 0 radical (unpaired) electrons. The molecule has 1 saturated carbocycles. The molecule has 1 aliphatic carbocycles. The summed E-state index contributed by atoms with van der Waals surface area (Å²) in [6.45, 7) is 5.67. The van der Waals surface area contributed by atoms with Crippen LogP contribution in [0.5, 0.6) is 0 Å². The van der Waals surface area contributed by atoms with Crippen molar-refractivity contribution in [2.75, 3.05) is 6.61 Å². The standard InChI is InChI=1S/C20H19FN4O2.C2H6/c1-2-17(24-18-8-7-14(11-22)12-23-18)25-19(26)13-27-20(9-10-20)15-5-3-4-6-16(15)21;1-2/h3-8,12H,2,9-10,13H2,1H3,(H,23,24,25,26);1-2H3. The average molecular weight is 396 g/mol. The van der Waals surface area contributed by atoms with Crippen molar-refractivity contribution in [3.63, 3.8) is 0 Å². The third-order valence-electron chi connectivity index (χ3n) is 4.29. The zero-order valence-electron chi connectivity index (χ0n) is 16.9. The molecule has 2 aromatic rings. The van der Waals surface area contributed by atoms with Gasteiger partial charge in [-0.2, -0.15) is 5.26 Å². The molecule has 1 amide bonds. The van der Waals surface area contributed by atoms with E-state index in [4.69, 9.17) is 10.00 Å². The first-order valence-electron chi connectivity index (χ1n) is 9.69. The van der Waals surface area contributed by atoms with E-state index in [2.05, 4.69) is 15.3 Å². The molecule has 0 atom stereocenters. The zero-order valence-corrected chi connectivity index (χ0v) is 16.9. The molecule has 1 heterocycles. The molecule has 1 N–H and O–H groups in total. The van der Waals surface area contributed by atoms with Gasteiger partial charge < -0.3 is 10.1 Å². The summed E-state index contributed by atoms with van der Waals surface area (Å²) in [6, 6.07) is 11.7. The summed E-state index contributed by atoms with van der Waals surface area (Å²) in [5.41, 5.74) is 0.220. The van der Waals surface area contributed by atoms with E-state index in [0.717, 1.165) is 0 Å². The summed E-state index contributed by atoms with van der Waals surface area (Å²) in [4.78, 5) is 20.5. The molecule has 1 aromatic carbocycles. The maximum absolute atomic E-state index is 14.0. The van der Waals surface area contributed by atoms with Crippen LogP contribution in [-0.2, 0) is 15.1 Å². The van der Waals surface area contributed by atoms with Crippen molar-refractivity contribution in [3.05, 3.63) is 59.5 Å². The SMILES string of the molecule is CC.CCC(=Nc1ccc(C#N)cn1)NC(=O)COC1(c2ccccc2F)CC1. The third-order valence-corrected chi connectivity index (χ3v) is 4.29. The number of halogens is 1. The lowest BCUT2D eigenvalue weighted by atomic mass is 10.1. The molecule has 152 valence electrons. The number of aromatic nitrogens is 1. The predicted molar refractivity (Wildman–Crippen MR) is 109 cm³/mol. The Labute approximate surface area is 170 Å². The second kappa shape index (κ2) is 10.4. The quantitative estimate of drug-likeness (QED) is 0.580. The molecule has 29 heavy (non-hydrogen) atoms. The summed E-state index contributed by atoms with van der Waals surface area (Å²) in [7, 11) is 0. The molecular weight excluding hydrogens is 371 g/mol. The molecule has 0 saturated heterocycles. The number of hydrogen-bond acceptors (Lipinski definition) is 5. The lowest BCUT2D eigenvalue weighted by Crippen LogP contribution is -2.34. The van der Waals surface area contributed by atoms with Crippen LogP contribution in [-0.4, -0.2) is 23.3 Å². The Balaban J connectivity index is 0.00000145. The van der Waals surface area contributed by atoms with Crippen LogP contribution < -0.4 is 5.32 Å². The molecule has 0 unspecified atom stereocenters. The number of carbonyl (C=O) groups excluding carboxylic acids is 1. The molecule has 6 nitrogen and oxygen atoms in total. The number of nitrogens with zero attached hydrogens (tertiary/aromatic N) is 3. The van der Waals surface area contributed by atoms with Gasteiger partial charge in [0.1, 0.15) is 24.3 Å². The van der Waals surface area contributed by atoms with Gasteiger partial charge in [-0.05, 0) is 31.0 Å². The average Bonchev–Trinajstić information content (AvgIpc) is 3.55. The number of pyridine rings is 1. The number of carbonyl (C=O) groups is 1. The van der Waals surface area contributed by atoms with Crippen molar-refractivity contribution in [3.8, 4) is 6.07 Å². The van der Waals surface area contributed by atoms with Gasteiger partial charge in [-0.15, -0.1) is 0 Å². The molecule has 1 aromatic heterocycles. The van der Waals surface area contributed by atoms with Gasteiger partial charge in [0.15, 0.2) is 5.82 Å². The van der Waals surface area contributed by atoms with Crippen molar-refractivity contribution in [2.24, 2.45) is 4.99 Å². The predicted octanol–water partition coefficient (Wildman–Crippen LogP) is 4.38. The van der Waals surface area contributed by atoms with Crippen LogP contribution in [0.3, 0.4) is 0 Å². The van der Waals surface area contributed by atoms with Gasteiger partial charge in [0.05, 0.1) is 11.2 Å². The highest BCUT2D eigenvalue weighted by Gasteiger charge is 2.47. The molecule has 1 fully saturated rings. The molecule has 1 aliphatic rings. The first kappa shape index (κ1) is 22.2. The minimum absolute atomic E-state index is 0.186. The van der Waals surface area contributed by atoms with Crippen molar-refractivity contribution < 1.29 is 13.9 Å². The van der Waals surface area contributed by atoms with Crippen LogP contribution in [0.2, 0.25) is 0 Å². The Kier molecular flexibility index (Phi) is 7.98. The van der Waals surface area contributed by atoms with Crippen LogP contribution in [0.15, 0.2) is 47.6 Å². The van der Waals surface area contributed by atoms with Gasteiger partial charge in [-0.3, -0.25) is 4.79 Å². The molecule has 0 aliphatic heterocycles. The summed E-state index contributed by atoms with van der Waals surface area (Å²) in [6.07, 6.45) is 3.28. The number of amidine groups is 1. The van der Waals surface area contributed by atoms with E-state index in [-0.39, 0.29) is 18.3 Å². The Bertz CT molecular complexity index is 900. The number of nitrogens with one attached hydrogen (secondary N) is 1. The van der Waals surface area contributed by atoms with Gasteiger partial charge in [0, 0.05) is 18.2 Å². The highest BCUT2D eigenvalue weighted by Crippen LogP contribution is 2.49. The van der Waals surface area contributed by atoms with E-state index in [9.17, 15) is 9.18 Å². The van der Waals surface area contributed by atoms with Crippen molar-refractivity contribution in [2.45, 2.75) is 45.6 Å². The third kappa shape index (κ3) is 5.93. The lowest BCUT2D eigenvalue weighted by molar-refractivity contribution is -0.127. The number of hydrogen-bond donors (Lipinski definition) is 1. The number of benzene rings is 1. The van der Waals surface area contributed by atoms with Gasteiger partial charge in [0.2, 0.25) is 0 Å². The van der Waals surface area contributed by atoms with E-state index >= 15 is 0 Å². The lowest BCUT2D eigenvalue weighted by Gasteiger charge is -2.17. The first-order chi connectivity index (χ1) is 14.1. The van der Waals surface area contributed by atoms with E-state index < -0.39 is 5.60 Å². The maximum Gasteiger partial charge on any atom is 0.251 e. The van der Waals surface area contributed by atoms with Crippen molar-refractivity contribution >= 4 is 17.6 Å². The molecule has 0 spiro atoms. The monoisotopic (exact) mass is 396 g/mol. The fourth-order valence-electron chi connectivity index (χ4n) is 2.69. The second-order valence-corrected chi connectivity index (χ2v) is 6.24. The van der Waals surface area contributed by atoms with Gasteiger partial charge in [-0.25, -0.2) is 14.4 Å².